The van der Waals surface area contributed by atoms with Gasteiger partial charge in [0.05, 0.1) is 21.3 Å². The molecule has 0 fully saturated rings. The van der Waals surface area contributed by atoms with E-state index in [2.05, 4.69) is 11.4 Å². The Bertz CT molecular complexity index is 1810. The van der Waals surface area contributed by atoms with Crippen LogP contribution in [0.3, 0.4) is 0 Å². The molecule has 0 spiro atoms. The molecule has 7 heteroatoms. The van der Waals surface area contributed by atoms with Gasteiger partial charge >= 0.3 is 0 Å². The monoisotopic (exact) mass is 459 g/mol. The number of fused-ring (bicyclic) bond motifs is 4. The van der Waals surface area contributed by atoms with E-state index in [9.17, 15) is 10.1 Å². The lowest BCUT2D eigenvalue weighted by atomic mass is 10.0. The summed E-state index contributed by atoms with van der Waals surface area (Å²) in [6, 6.07) is 25.3. The van der Waals surface area contributed by atoms with Crippen LogP contribution >= 0.6 is 11.3 Å². The predicted octanol–water partition coefficient (Wildman–Crippen LogP) is 6.05. The van der Waals surface area contributed by atoms with Crippen LogP contribution in [0.2, 0.25) is 0 Å². The van der Waals surface area contributed by atoms with Crippen molar-refractivity contribution in [1.29, 1.82) is 5.26 Å². The maximum absolute atomic E-state index is 13.7. The summed E-state index contributed by atoms with van der Waals surface area (Å²) in [6.45, 7) is 2.01. The van der Waals surface area contributed by atoms with Crippen LogP contribution in [0.15, 0.2) is 83.8 Å². The van der Waals surface area contributed by atoms with Crippen molar-refractivity contribution in [3.05, 3.63) is 100 Å². The third kappa shape index (κ3) is 3.12. The second-order valence-corrected chi connectivity index (χ2v) is 9.00. The van der Waals surface area contributed by atoms with Crippen molar-refractivity contribution in [3.8, 4) is 17.3 Å². The van der Waals surface area contributed by atoms with E-state index in [-0.39, 0.29) is 5.56 Å². The summed E-state index contributed by atoms with van der Waals surface area (Å²) in [6.07, 6.45) is 1.71. The van der Waals surface area contributed by atoms with Gasteiger partial charge in [-0.2, -0.15) is 5.26 Å². The van der Waals surface area contributed by atoms with E-state index in [1.807, 2.05) is 67.6 Å². The molecule has 0 unspecified atom stereocenters. The van der Waals surface area contributed by atoms with E-state index in [1.165, 1.54) is 15.7 Å². The minimum Gasteiger partial charge on any atom is -0.346 e. The number of aromatic nitrogens is 3. The maximum atomic E-state index is 13.7. The normalized spacial score (nSPS) is 11.2. The fourth-order valence-electron chi connectivity index (χ4n) is 4.09. The van der Waals surface area contributed by atoms with Crippen LogP contribution in [-0.2, 0) is 0 Å². The molecule has 0 amide bonds. The Kier molecular flexibility index (Phi) is 4.61. The number of thiophene rings is 1. The van der Waals surface area contributed by atoms with E-state index >= 15 is 0 Å². The standard InChI is InChI=1S/C27H17N5OS/c1-16-10-12-17(13-11-16)22-21-24(30-20-9-5-6-14-32(20)27(21)33)25-23(31-22)19(15-28)26(34-25)29-18-7-3-2-4-8-18/h2-14,29H,1H3. The molecule has 162 valence electrons. The zero-order valence-corrected chi connectivity index (χ0v) is 18.9. The number of hydrogen-bond acceptors (Lipinski definition) is 6. The van der Waals surface area contributed by atoms with Crippen LogP contribution in [-0.4, -0.2) is 14.4 Å². The van der Waals surface area contributed by atoms with Crippen LogP contribution in [0.25, 0.3) is 38.0 Å². The highest BCUT2D eigenvalue weighted by atomic mass is 32.1. The number of rotatable bonds is 3. The first kappa shape index (κ1) is 20.1. The van der Waals surface area contributed by atoms with E-state index in [4.69, 9.17) is 9.97 Å². The largest absolute Gasteiger partial charge is 0.346 e. The molecule has 6 rings (SSSR count). The SMILES string of the molecule is Cc1ccc(-c2nc3c(C#N)c(Nc4ccccc4)sc3c3nc4ccccn4c(=O)c23)cc1. The Morgan fingerprint density at radius 3 is 2.47 bits per heavy atom. The van der Waals surface area contributed by atoms with Gasteiger partial charge in [0.1, 0.15) is 27.8 Å². The van der Waals surface area contributed by atoms with Crippen LogP contribution < -0.4 is 10.9 Å². The van der Waals surface area contributed by atoms with Crippen molar-refractivity contribution in [2.45, 2.75) is 6.92 Å². The molecule has 6 nitrogen and oxygen atoms in total. The number of nitrogens with zero attached hydrogens (tertiary/aromatic N) is 4. The molecule has 0 aliphatic heterocycles. The Labute approximate surface area is 198 Å². The summed E-state index contributed by atoms with van der Waals surface area (Å²) in [5, 5.41) is 14.5. The Hall–Kier alpha value is -4.54. The number of pyridine rings is 2. The number of hydrogen-bond donors (Lipinski definition) is 1. The van der Waals surface area contributed by atoms with E-state index in [0.717, 1.165) is 16.8 Å². The summed E-state index contributed by atoms with van der Waals surface area (Å²) in [5.74, 6) is 0. The molecule has 0 saturated heterocycles. The average Bonchev–Trinajstić information content (AvgIpc) is 3.22. The second-order valence-electron chi connectivity index (χ2n) is 7.98. The third-order valence-electron chi connectivity index (χ3n) is 5.76. The Balaban J connectivity index is 1.75. The first-order valence-corrected chi connectivity index (χ1v) is 11.5. The van der Waals surface area contributed by atoms with Gasteiger partial charge in [0, 0.05) is 17.4 Å². The van der Waals surface area contributed by atoms with Crippen molar-refractivity contribution in [2.75, 3.05) is 5.32 Å². The minimum atomic E-state index is -0.185. The van der Waals surface area contributed by atoms with E-state index in [0.29, 0.717) is 43.0 Å². The Morgan fingerprint density at radius 1 is 0.941 bits per heavy atom. The van der Waals surface area contributed by atoms with Gasteiger partial charge < -0.3 is 5.32 Å². The predicted molar refractivity (Wildman–Crippen MR) is 137 cm³/mol. The number of anilines is 2. The van der Waals surface area contributed by atoms with Crippen LogP contribution in [0, 0.1) is 18.3 Å². The van der Waals surface area contributed by atoms with Crippen molar-refractivity contribution in [3.63, 3.8) is 0 Å². The molecule has 2 aromatic carbocycles. The zero-order valence-electron chi connectivity index (χ0n) is 18.1. The first-order chi connectivity index (χ1) is 16.6. The molecule has 0 radical (unpaired) electrons. The number of aryl methyl sites for hydroxylation is 1. The molecular weight excluding hydrogens is 442 g/mol. The Morgan fingerprint density at radius 2 is 1.71 bits per heavy atom. The molecule has 0 aliphatic carbocycles. The first-order valence-electron chi connectivity index (χ1n) is 10.7. The second kappa shape index (κ2) is 7.80. The molecule has 1 N–H and O–H groups in total. The smallest absolute Gasteiger partial charge is 0.268 e. The molecule has 0 saturated carbocycles. The molecule has 0 atom stereocenters. The van der Waals surface area contributed by atoms with Gasteiger partial charge in [0.2, 0.25) is 0 Å². The number of nitriles is 1. The van der Waals surface area contributed by atoms with Gasteiger partial charge in [-0.05, 0) is 31.2 Å². The molecule has 0 aliphatic rings. The minimum absolute atomic E-state index is 0.185. The van der Waals surface area contributed by atoms with Gasteiger partial charge in [0.25, 0.3) is 5.56 Å². The average molecular weight is 460 g/mol. The lowest BCUT2D eigenvalue weighted by Crippen LogP contribution is -2.16. The highest BCUT2D eigenvalue weighted by Crippen LogP contribution is 2.41. The maximum Gasteiger partial charge on any atom is 0.268 e. The van der Waals surface area contributed by atoms with Gasteiger partial charge in [-0.15, -0.1) is 11.3 Å². The summed E-state index contributed by atoms with van der Waals surface area (Å²) < 4.78 is 2.25. The highest BCUT2D eigenvalue weighted by Gasteiger charge is 2.22. The van der Waals surface area contributed by atoms with Crippen LogP contribution in [0.5, 0.6) is 0 Å². The number of nitrogens with one attached hydrogen (secondary N) is 1. The van der Waals surface area contributed by atoms with Gasteiger partial charge in [-0.25, -0.2) is 9.97 Å². The molecule has 6 aromatic rings. The van der Waals surface area contributed by atoms with Crippen LogP contribution in [0.4, 0.5) is 10.7 Å². The number of para-hydroxylation sites is 1. The topological polar surface area (TPSA) is 83.1 Å². The lowest BCUT2D eigenvalue weighted by Gasteiger charge is -2.09. The lowest BCUT2D eigenvalue weighted by molar-refractivity contribution is 1.08. The van der Waals surface area contributed by atoms with Crippen LogP contribution in [0.1, 0.15) is 11.1 Å². The van der Waals surface area contributed by atoms with Crippen molar-refractivity contribution in [2.24, 2.45) is 0 Å². The van der Waals surface area contributed by atoms with Gasteiger partial charge in [-0.3, -0.25) is 9.20 Å². The third-order valence-corrected chi connectivity index (χ3v) is 6.86. The molecular formula is C27H17N5OS. The summed E-state index contributed by atoms with van der Waals surface area (Å²) in [7, 11) is 0. The van der Waals surface area contributed by atoms with Gasteiger partial charge in [-0.1, -0.05) is 54.1 Å². The van der Waals surface area contributed by atoms with Gasteiger partial charge in [0.15, 0.2) is 0 Å². The van der Waals surface area contributed by atoms with Crippen molar-refractivity contribution in [1.82, 2.24) is 14.4 Å². The summed E-state index contributed by atoms with van der Waals surface area (Å²) in [5.41, 5.74) is 5.21. The highest BCUT2D eigenvalue weighted by molar-refractivity contribution is 7.24. The number of benzene rings is 2. The molecule has 0 bridgehead atoms. The fraction of sp³-hybridized carbons (Fsp3) is 0.0370. The fourth-order valence-corrected chi connectivity index (χ4v) is 5.20. The van der Waals surface area contributed by atoms with E-state index in [1.54, 1.807) is 18.3 Å². The van der Waals surface area contributed by atoms with E-state index < -0.39 is 0 Å². The summed E-state index contributed by atoms with van der Waals surface area (Å²) >= 11 is 1.39. The molecule has 4 heterocycles. The van der Waals surface area contributed by atoms with Crippen molar-refractivity contribution >= 4 is 48.8 Å². The van der Waals surface area contributed by atoms with Crippen molar-refractivity contribution < 1.29 is 0 Å². The molecule has 34 heavy (non-hydrogen) atoms. The molecule has 4 aromatic heterocycles. The quantitative estimate of drug-likeness (QED) is 0.326. The zero-order chi connectivity index (χ0) is 23.2. The summed E-state index contributed by atoms with van der Waals surface area (Å²) in [4.78, 5) is 23.4.